The highest BCUT2D eigenvalue weighted by molar-refractivity contribution is 8.00. The number of amides is 1. The van der Waals surface area contributed by atoms with E-state index in [1.54, 1.807) is 12.1 Å². The van der Waals surface area contributed by atoms with E-state index in [9.17, 15) is 9.90 Å². The minimum absolute atomic E-state index is 0.207. The molecule has 0 aliphatic heterocycles. The molecular formula is C17H21NO2S. The first-order chi connectivity index (χ1) is 10.2. The maximum Gasteiger partial charge on any atom is 0.237 e. The minimum atomic E-state index is 0.207. The van der Waals surface area contributed by atoms with Crippen molar-refractivity contribution in [1.82, 2.24) is 4.90 Å². The van der Waals surface area contributed by atoms with Gasteiger partial charge in [-0.05, 0) is 56.7 Å². The van der Waals surface area contributed by atoms with E-state index in [4.69, 9.17) is 0 Å². The number of phenols is 1. The van der Waals surface area contributed by atoms with Crippen molar-refractivity contribution >= 4 is 17.7 Å². The Morgan fingerprint density at radius 2 is 2.19 bits per heavy atom. The molecule has 0 unspecified atom stereocenters. The molecule has 3 rings (SSSR count). The summed E-state index contributed by atoms with van der Waals surface area (Å²) >= 11 is 1.50. The number of nitrogens with zero attached hydrogens (tertiary/aromatic N) is 1. The standard InChI is InChI=1S/C17H21NO2S/c19-15-7-4-8-16(11-15)21-12-17(20)18(14-9-10-14)13-5-2-1-3-6-13/h4-5,7-8,11,14,19H,1-3,6,9-10,12H2. The van der Waals surface area contributed by atoms with Gasteiger partial charge in [0.05, 0.1) is 5.75 Å². The van der Waals surface area contributed by atoms with Crippen molar-refractivity contribution in [2.24, 2.45) is 0 Å². The van der Waals surface area contributed by atoms with Gasteiger partial charge in [-0.2, -0.15) is 0 Å². The molecule has 1 aromatic rings. The van der Waals surface area contributed by atoms with Gasteiger partial charge in [0, 0.05) is 16.6 Å². The van der Waals surface area contributed by atoms with E-state index in [2.05, 4.69) is 11.0 Å². The largest absolute Gasteiger partial charge is 0.508 e. The van der Waals surface area contributed by atoms with Crippen LogP contribution in [-0.2, 0) is 4.79 Å². The maximum absolute atomic E-state index is 12.6. The first-order valence-electron chi connectivity index (χ1n) is 7.67. The van der Waals surface area contributed by atoms with Crippen molar-refractivity contribution in [3.05, 3.63) is 36.0 Å². The Morgan fingerprint density at radius 3 is 2.86 bits per heavy atom. The summed E-state index contributed by atoms with van der Waals surface area (Å²) in [6, 6.07) is 7.53. The second-order valence-corrected chi connectivity index (χ2v) is 6.77. The van der Waals surface area contributed by atoms with E-state index < -0.39 is 0 Å². The summed E-state index contributed by atoms with van der Waals surface area (Å²) in [5.41, 5.74) is 1.24. The minimum Gasteiger partial charge on any atom is -0.508 e. The van der Waals surface area contributed by atoms with Crippen LogP contribution < -0.4 is 0 Å². The molecule has 0 aromatic heterocycles. The first kappa shape index (κ1) is 14.5. The van der Waals surface area contributed by atoms with Crippen LogP contribution in [-0.4, -0.2) is 27.7 Å². The molecule has 0 saturated heterocycles. The van der Waals surface area contributed by atoms with Gasteiger partial charge in [-0.1, -0.05) is 12.1 Å². The van der Waals surface area contributed by atoms with Crippen molar-refractivity contribution in [2.75, 3.05) is 5.75 Å². The van der Waals surface area contributed by atoms with Crippen LogP contribution in [0.3, 0.4) is 0 Å². The van der Waals surface area contributed by atoms with Crippen LogP contribution in [0, 0.1) is 0 Å². The van der Waals surface area contributed by atoms with Crippen LogP contribution in [0.15, 0.2) is 40.9 Å². The van der Waals surface area contributed by atoms with Gasteiger partial charge in [-0.25, -0.2) is 0 Å². The molecule has 0 radical (unpaired) electrons. The normalized spacial score (nSPS) is 18.2. The predicted octanol–water partition coefficient (Wildman–Crippen LogP) is 3.93. The third-order valence-corrected chi connectivity index (χ3v) is 4.92. The lowest BCUT2D eigenvalue weighted by molar-refractivity contribution is -0.127. The molecule has 112 valence electrons. The molecule has 4 heteroatoms. The molecule has 1 aromatic carbocycles. The maximum atomic E-state index is 12.6. The Hall–Kier alpha value is -1.42. The molecule has 3 nitrogen and oxygen atoms in total. The summed E-state index contributed by atoms with van der Waals surface area (Å²) in [7, 11) is 0. The van der Waals surface area contributed by atoms with Gasteiger partial charge >= 0.3 is 0 Å². The second-order valence-electron chi connectivity index (χ2n) is 5.72. The molecule has 21 heavy (non-hydrogen) atoms. The van der Waals surface area contributed by atoms with Crippen molar-refractivity contribution < 1.29 is 9.90 Å². The fraction of sp³-hybridized carbons (Fsp3) is 0.471. The molecular weight excluding hydrogens is 282 g/mol. The Labute approximate surface area is 130 Å². The zero-order chi connectivity index (χ0) is 14.7. The number of hydrogen-bond donors (Lipinski definition) is 1. The fourth-order valence-electron chi connectivity index (χ4n) is 2.76. The van der Waals surface area contributed by atoms with Crippen molar-refractivity contribution in [1.29, 1.82) is 0 Å². The molecule has 1 N–H and O–H groups in total. The lowest BCUT2D eigenvalue weighted by Crippen LogP contribution is -2.34. The summed E-state index contributed by atoms with van der Waals surface area (Å²) in [6.45, 7) is 0. The third kappa shape index (κ3) is 3.82. The zero-order valence-corrected chi connectivity index (χ0v) is 12.9. The third-order valence-electron chi connectivity index (χ3n) is 3.94. The number of phenolic OH excluding ortho intramolecular Hbond substituents is 1. The lowest BCUT2D eigenvalue weighted by atomic mass is 10.0. The van der Waals surface area contributed by atoms with Crippen molar-refractivity contribution in [2.45, 2.75) is 49.5 Å². The van der Waals surface area contributed by atoms with Crippen LogP contribution in [0.4, 0.5) is 0 Å². The summed E-state index contributed by atoms with van der Waals surface area (Å²) in [5, 5.41) is 9.47. The number of aromatic hydroxyl groups is 1. The molecule has 2 aliphatic carbocycles. The first-order valence-corrected chi connectivity index (χ1v) is 8.65. The number of hydrogen-bond acceptors (Lipinski definition) is 3. The van der Waals surface area contributed by atoms with Gasteiger partial charge in [0.25, 0.3) is 0 Å². The van der Waals surface area contributed by atoms with E-state index in [-0.39, 0.29) is 11.7 Å². The average molecular weight is 303 g/mol. The predicted molar refractivity (Wildman–Crippen MR) is 85.2 cm³/mol. The van der Waals surface area contributed by atoms with E-state index in [0.717, 1.165) is 30.6 Å². The van der Waals surface area contributed by atoms with E-state index in [1.165, 1.54) is 30.3 Å². The quantitative estimate of drug-likeness (QED) is 0.838. The number of rotatable bonds is 5. The number of benzene rings is 1. The highest BCUT2D eigenvalue weighted by Crippen LogP contribution is 2.34. The van der Waals surface area contributed by atoms with Gasteiger partial charge in [0.1, 0.15) is 5.75 Å². The number of carbonyl (C=O) groups excluding carboxylic acids is 1. The van der Waals surface area contributed by atoms with E-state index in [0.29, 0.717) is 11.8 Å². The van der Waals surface area contributed by atoms with E-state index >= 15 is 0 Å². The molecule has 0 heterocycles. The zero-order valence-electron chi connectivity index (χ0n) is 12.1. The number of allylic oxidation sites excluding steroid dienone is 2. The highest BCUT2D eigenvalue weighted by atomic mass is 32.2. The molecule has 2 aliphatic rings. The highest BCUT2D eigenvalue weighted by Gasteiger charge is 2.34. The second kappa shape index (κ2) is 6.56. The van der Waals surface area contributed by atoms with Gasteiger partial charge in [0.2, 0.25) is 5.91 Å². The molecule has 1 saturated carbocycles. The van der Waals surface area contributed by atoms with Crippen molar-refractivity contribution in [3.8, 4) is 5.75 Å². The number of thioether (sulfide) groups is 1. The molecule has 1 amide bonds. The Balaban J connectivity index is 1.63. The van der Waals surface area contributed by atoms with Gasteiger partial charge in [-0.15, -0.1) is 11.8 Å². The summed E-state index contributed by atoms with van der Waals surface area (Å²) in [4.78, 5) is 15.6. The van der Waals surface area contributed by atoms with Crippen molar-refractivity contribution in [3.63, 3.8) is 0 Å². The van der Waals surface area contributed by atoms with Gasteiger partial charge in [-0.3, -0.25) is 4.79 Å². The average Bonchev–Trinajstić information content (AvgIpc) is 3.31. The lowest BCUT2D eigenvalue weighted by Gasteiger charge is -2.27. The van der Waals surface area contributed by atoms with Gasteiger partial charge in [0.15, 0.2) is 0 Å². The molecule has 0 spiro atoms. The summed E-state index contributed by atoms with van der Waals surface area (Å²) < 4.78 is 0. The Bertz CT molecular complexity index is 551. The van der Waals surface area contributed by atoms with Crippen LogP contribution in [0.25, 0.3) is 0 Å². The topological polar surface area (TPSA) is 40.5 Å². The summed E-state index contributed by atoms with van der Waals surface area (Å²) in [5.74, 6) is 0.901. The molecule has 0 bridgehead atoms. The Morgan fingerprint density at radius 1 is 1.33 bits per heavy atom. The molecule has 0 atom stereocenters. The van der Waals surface area contributed by atoms with Crippen LogP contribution >= 0.6 is 11.8 Å². The van der Waals surface area contributed by atoms with E-state index in [1.807, 2.05) is 12.1 Å². The summed E-state index contributed by atoms with van der Waals surface area (Å²) in [6.07, 6.45) is 9.11. The SMILES string of the molecule is O=C(CSc1cccc(O)c1)N(C1=CCCCC1)C1CC1. The monoisotopic (exact) mass is 303 g/mol. The van der Waals surface area contributed by atoms with Crippen LogP contribution in [0.2, 0.25) is 0 Å². The van der Waals surface area contributed by atoms with Crippen LogP contribution in [0.5, 0.6) is 5.75 Å². The van der Waals surface area contributed by atoms with Crippen LogP contribution in [0.1, 0.15) is 38.5 Å². The number of carbonyl (C=O) groups is 1. The van der Waals surface area contributed by atoms with Gasteiger partial charge < -0.3 is 10.0 Å². The molecule has 1 fully saturated rings. The fourth-order valence-corrected chi connectivity index (χ4v) is 3.57. The Kier molecular flexibility index (Phi) is 4.54. The smallest absolute Gasteiger partial charge is 0.237 e.